The largest absolute Gasteiger partial charge is 0.218 e. The molecule has 0 radical (unpaired) electrons. The fourth-order valence-corrected chi connectivity index (χ4v) is 1.35. The summed E-state index contributed by atoms with van der Waals surface area (Å²) in [6, 6.07) is 1.96. The maximum atomic E-state index is 13.1. The quantitative estimate of drug-likeness (QED) is 0.480. The Hall–Kier alpha value is 0.240. The van der Waals surface area contributed by atoms with E-state index in [0.717, 1.165) is 12.1 Å². The summed E-state index contributed by atoms with van der Waals surface area (Å²) in [5.41, 5.74) is -0.274. The molecule has 1 aromatic carbocycles. The van der Waals surface area contributed by atoms with Crippen LogP contribution in [0.15, 0.2) is 12.1 Å². The molecule has 0 N–H and O–H groups in total. The molecule has 0 atom stereocenters. The summed E-state index contributed by atoms with van der Waals surface area (Å²) in [5.74, 6) is -1.95. The van der Waals surface area contributed by atoms with Crippen molar-refractivity contribution in [2.24, 2.45) is 0 Å². The zero-order valence-corrected chi connectivity index (χ0v) is 8.95. The van der Waals surface area contributed by atoms with Gasteiger partial charge in [0, 0.05) is 5.56 Å². The highest BCUT2D eigenvalue weighted by Gasteiger charge is 2.28. The molecule has 0 bridgehead atoms. The zero-order chi connectivity index (χ0) is 10.2. The lowest BCUT2D eigenvalue weighted by atomic mass is 10.2. The van der Waals surface area contributed by atoms with Crippen molar-refractivity contribution in [3.63, 3.8) is 0 Å². The minimum absolute atomic E-state index is 0.274. The average molecular weight is 266 g/mol. The van der Waals surface area contributed by atoms with Gasteiger partial charge in [0.05, 0.1) is 0 Å². The molecule has 0 aliphatic rings. The van der Waals surface area contributed by atoms with Crippen molar-refractivity contribution in [2.75, 3.05) is 0 Å². The van der Waals surface area contributed by atoms with E-state index in [1.807, 2.05) is 0 Å². The predicted octanol–water partition coefficient (Wildman–Crippen LogP) is 4.44. The lowest BCUT2D eigenvalue weighted by Gasteiger charge is -2.12. The molecule has 0 unspecified atom stereocenters. The van der Waals surface area contributed by atoms with E-state index in [0.29, 0.717) is 0 Å². The Morgan fingerprint density at radius 1 is 1.08 bits per heavy atom. The minimum Gasteiger partial charge on any atom is -0.205 e. The summed E-state index contributed by atoms with van der Waals surface area (Å²) in [4.78, 5) is 0. The molecule has 72 valence electrons. The number of hydrogen-bond acceptors (Lipinski definition) is 0. The third-order valence-electron chi connectivity index (χ3n) is 1.34. The summed E-state index contributed by atoms with van der Waals surface area (Å²) < 4.78 is 23.8. The second-order valence-electron chi connectivity index (χ2n) is 2.22. The van der Waals surface area contributed by atoms with Gasteiger partial charge >= 0.3 is 0 Å². The molecule has 0 aromatic heterocycles. The smallest absolute Gasteiger partial charge is 0.205 e. The normalized spacial score (nSPS) is 11.8. The van der Waals surface area contributed by atoms with Gasteiger partial charge in [-0.25, -0.2) is 8.78 Å². The van der Waals surface area contributed by atoms with Crippen molar-refractivity contribution in [3.05, 3.63) is 34.4 Å². The summed E-state index contributed by atoms with van der Waals surface area (Å²) in [6.07, 6.45) is 0. The third-order valence-corrected chi connectivity index (χ3v) is 2.30. The molecule has 0 fully saturated rings. The second-order valence-corrected chi connectivity index (χ2v) is 4.88. The van der Waals surface area contributed by atoms with E-state index >= 15 is 0 Å². The third kappa shape index (κ3) is 2.38. The number of rotatable bonds is 0. The Kier molecular flexibility index (Phi) is 3.29. The predicted molar refractivity (Wildman–Crippen MR) is 50.6 cm³/mol. The highest BCUT2D eigenvalue weighted by molar-refractivity contribution is 6.66. The van der Waals surface area contributed by atoms with Crippen LogP contribution >= 0.6 is 46.4 Å². The molecule has 1 aromatic rings. The van der Waals surface area contributed by atoms with Gasteiger partial charge in [0.15, 0.2) is 5.82 Å². The van der Waals surface area contributed by atoms with E-state index in [1.54, 1.807) is 0 Å². The van der Waals surface area contributed by atoms with E-state index in [2.05, 4.69) is 0 Å². The molecule has 0 saturated heterocycles. The Labute approximate surface area is 93.3 Å². The van der Waals surface area contributed by atoms with Gasteiger partial charge in [-0.3, -0.25) is 0 Å². The molecule has 0 aliphatic heterocycles. The number of benzene rings is 1. The Balaban J connectivity index is 3.35. The Bertz CT molecular complexity index is 332. The summed E-state index contributed by atoms with van der Waals surface area (Å²) in [7, 11) is 0. The first kappa shape index (κ1) is 11.3. The van der Waals surface area contributed by atoms with Crippen LogP contribution in [0.1, 0.15) is 5.56 Å². The molecule has 0 saturated carbocycles. The molecule has 0 spiro atoms. The number of halogens is 6. The van der Waals surface area contributed by atoms with Crippen LogP contribution in [0.5, 0.6) is 0 Å². The summed E-state index contributed by atoms with van der Waals surface area (Å²) in [6.45, 7) is 0. The molecule has 0 nitrogen and oxygen atoms in total. The second kappa shape index (κ2) is 3.77. The van der Waals surface area contributed by atoms with Crippen LogP contribution in [-0.2, 0) is 3.79 Å². The molecule has 13 heavy (non-hydrogen) atoms. The van der Waals surface area contributed by atoms with Gasteiger partial charge in [-0.15, -0.1) is 0 Å². The van der Waals surface area contributed by atoms with Gasteiger partial charge in [0.2, 0.25) is 3.79 Å². The van der Waals surface area contributed by atoms with Crippen molar-refractivity contribution >= 4 is 46.4 Å². The van der Waals surface area contributed by atoms with Crippen molar-refractivity contribution in [3.8, 4) is 0 Å². The maximum absolute atomic E-state index is 13.1. The van der Waals surface area contributed by atoms with Crippen LogP contribution in [0.4, 0.5) is 8.78 Å². The fourth-order valence-electron chi connectivity index (χ4n) is 0.745. The molecule has 1 rings (SSSR count). The van der Waals surface area contributed by atoms with Crippen molar-refractivity contribution in [1.82, 2.24) is 0 Å². The van der Waals surface area contributed by atoms with Gasteiger partial charge in [0.1, 0.15) is 10.8 Å². The fraction of sp³-hybridized carbons (Fsp3) is 0.143. The van der Waals surface area contributed by atoms with Crippen molar-refractivity contribution < 1.29 is 8.78 Å². The standard InChI is InChI=1S/C7H2Cl4F2/c8-5-4(12)2-1-3(6(5)13)7(9,10)11/h1-2H. The minimum atomic E-state index is -1.94. The van der Waals surface area contributed by atoms with Gasteiger partial charge in [-0.2, -0.15) is 0 Å². The van der Waals surface area contributed by atoms with Crippen molar-refractivity contribution in [1.29, 1.82) is 0 Å². The summed E-state index contributed by atoms with van der Waals surface area (Å²) in [5, 5.41) is -0.677. The van der Waals surface area contributed by atoms with Crippen LogP contribution in [0.2, 0.25) is 5.02 Å². The van der Waals surface area contributed by atoms with E-state index in [4.69, 9.17) is 46.4 Å². The first-order chi connectivity index (χ1) is 5.84. The average Bonchev–Trinajstić information content (AvgIpc) is 1.98. The van der Waals surface area contributed by atoms with E-state index in [1.165, 1.54) is 0 Å². The van der Waals surface area contributed by atoms with Gasteiger partial charge in [-0.1, -0.05) is 46.4 Å². The van der Waals surface area contributed by atoms with Gasteiger partial charge in [-0.05, 0) is 12.1 Å². The molecular weight excluding hydrogens is 264 g/mol. The molecule has 0 aliphatic carbocycles. The highest BCUT2D eigenvalue weighted by atomic mass is 35.6. The Morgan fingerprint density at radius 3 is 2.08 bits per heavy atom. The first-order valence-corrected chi connectivity index (χ1v) is 4.56. The van der Waals surface area contributed by atoms with Crippen LogP contribution in [0.3, 0.4) is 0 Å². The number of alkyl halides is 3. The van der Waals surface area contributed by atoms with Crippen molar-refractivity contribution in [2.45, 2.75) is 3.79 Å². The lowest BCUT2D eigenvalue weighted by molar-refractivity contribution is 0.575. The highest BCUT2D eigenvalue weighted by Crippen LogP contribution is 2.41. The van der Waals surface area contributed by atoms with E-state index in [-0.39, 0.29) is 5.56 Å². The topological polar surface area (TPSA) is 0 Å². The summed E-state index contributed by atoms with van der Waals surface area (Å²) >= 11 is 21.5. The maximum Gasteiger partial charge on any atom is 0.218 e. The molecule has 0 amide bonds. The molecule has 0 heterocycles. The van der Waals surface area contributed by atoms with E-state index in [9.17, 15) is 8.78 Å². The molecule has 6 heteroatoms. The number of hydrogen-bond donors (Lipinski definition) is 0. The van der Waals surface area contributed by atoms with Crippen LogP contribution in [-0.4, -0.2) is 0 Å². The zero-order valence-electron chi connectivity index (χ0n) is 5.92. The molecular formula is C7H2Cl4F2. The van der Waals surface area contributed by atoms with Gasteiger partial charge < -0.3 is 0 Å². The van der Waals surface area contributed by atoms with Crippen LogP contribution in [0, 0.1) is 11.6 Å². The van der Waals surface area contributed by atoms with Crippen LogP contribution < -0.4 is 0 Å². The lowest BCUT2D eigenvalue weighted by Crippen LogP contribution is -2.04. The Morgan fingerprint density at radius 2 is 1.62 bits per heavy atom. The monoisotopic (exact) mass is 264 g/mol. The van der Waals surface area contributed by atoms with Crippen LogP contribution in [0.25, 0.3) is 0 Å². The first-order valence-electron chi connectivity index (χ1n) is 3.04. The van der Waals surface area contributed by atoms with E-state index < -0.39 is 20.4 Å². The SMILES string of the molecule is Fc1ccc(C(Cl)(Cl)Cl)c(F)c1Cl. The van der Waals surface area contributed by atoms with Gasteiger partial charge in [0.25, 0.3) is 0 Å².